The van der Waals surface area contributed by atoms with Crippen LogP contribution in [0.3, 0.4) is 0 Å². The SMILES string of the molecule is CCc1cc(CNC(C)(C)C)cc(OC(C)CC)n1. The number of nitrogens with one attached hydrogen (secondary N) is 1. The van der Waals surface area contributed by atoms with Crippen molar-refractivity contribution in [3.63, 3.8) is 0 Å². The number of nitrogens with zero attached hydrogens (tertiary/aromatic N) is 1. The van der Waals surface area contributed by atoms with E-state index in [4.69, 9.17) is 4.74 Å². The molecule has 1 heterocycles. The number of hydrogen-bond acceptors (Lipinski definition) is 3. The molecular formula is C16H28N2O. The molecule has 1 atom stereocenters. The molecule has 0 bridgehead atoms. The van der Waals surface area contributed by atoms with E-state index in [1.165, 1.54) is 5.56 Å². The van der Waals surface area contributed by atoms with E-state index >= 15 is 0 Å². The zero-order chi connectivity index (χ0) is 14.5. The summed E-state index contributed by atoms with van der Waals surface area (Å²) in [6, 6.07) is 4.20. The summed E-state index contributed by atoms with van der Waals surface area (Å²) in [4.78, 5) is 4.53. The fraction of sp³-hybridized carbons (Fsp3) is 0.688. The van der Waals surface area contributed by atoms with Crippen molar-refractivity contribution in [1.82, 2.24) is 10.3 Å². The van der Waals surface area contributed by atoms with Crippen molar-refractivity contribution in [3.05, 3.63) is 23.4 Å². The van der Waals surface area contributed by atoms with Crippen molar-refractivity contribution in [2.45, 2.75) is 72.6 Å². The molecule has 108 valence electrons. The van der Waals surface area contributed by atoms with Crippen LogP contribution in [0.5, 0.6) is 5.88 Å². The molecule has 19 heavy (non-hydrogen) atoms. The van der Waals surface area contributed by atoms with Crippen molar-refractivity contribution >= 4 is 0 Å². The molecule has 0 aromatic carbocycles. The topological polar surface area (TPSA) is 34.1 Å². The molecule has 0 aliphatic carbocycles. The van der Waals surface area contributed by atoms with Crippen LogP contribution in [0.15, 0.2) is 12.1 Å². The lowest BCUT2D eigenvalue weighted by atomic mass is 10.1. The van der Waals surface area contributed by atoms with Crippen LogP contribution in [0.2, 0.25) is 0 Å². The van der Waals surface area contributed by atoms with Gasteiger partial charge in [0.1, 0.15) is 0 Å². The molecule has 1 aromatic rings. The Hall–Kier alpha value is -1.09. The smallest absolute Gasteiger partial charge is 0.214 e. The zero-order valence-electron chi connectivity index (χ0n) is 13.2. The van der Waals surface area contributed by atoms with E-state index in [9.17, 15) is 0 Å². The van der Waals surface area contributed by atoms with E-state index in [1.54, 1.807) is 0 Å². The van der Waals surface area contributed by atoms with Crippen LogP contribution in [-0.4, -0.2) is 16.6 Å². The van der Waals surface area contributed by atoms with Crippen LogP contribution >= 0.6 is 0 Å². The molecule has 3 nitrogen and oxygen atoms in total. The van der Waals surface area contributed by atoms with Gasteiger partial charge in [-0.1, -0.05) is 13.8 Å². The molecule has 0 amide bonds. The van der Waals surface area contributed by atoms with Crippen LogP contribution in [-0.2, 0) is 13.0 Å². The molecule has 1 aromatic heterocycles. The van der Waals surface area contributed by atoms with Gasteiger partial charge in [-0.05, 0) is 52.2 Å². The first-order valence-electron chi connectivity index (χ1n) is 7.25. The maximum Gasteiger partial charge on any atom is 0.214 e. The summed E-state index contributed by atoms with van der Waals surface area (Å²) in [5.41, 5.74) is 2.44. The molecule has 0 spiro atoms. The monoisotopic (exact) mass is 264 g/mol. The molecular weight excluding hydrogens is 236 g/mol. The van der Waals surface area contributed by atoms with E-state index in [-0.39, 0.29) is 11.6 Å². The van der Waals surface area contributed by atoms with Gasteiger partial charge in [-0.15, -0.1) is 0 Å². The largest absolute Gasteiger partial charge is 0.475 e. The van der Waals surface area contributed by atoms with E-state index in [2.05, 4.69) is 57.9 Å². The van der Waals surface area contributed by atoms with Gasteiger partial charge in [0.15, 0.2) is 0 Å². The molecule has 0 aliphatic heterocycles. The Bertz CT molecular complexity index is 396. The Morgan fingerprint density at radius 3 is 2.47 bits per heavy atom. The standard InChI is InChI=1S/C16H28N2O/c1-7-12(3)19-15-10-13(9-14(8-2)18-15)11-17-16(4,5)6/h9-10,12,17H,7-8,11H2,1-6H3. The number of hydrogen-bond donors (Lipinski definition) is 1. The number of rotatable bonds is 6. The Balaban J connectivity index is 2.83. The summed E-state index contributed by atoms with van der Waals surface area (Å²) < 4.78 is 5.84. The van der Waals surface area contributed by atoms with Crippen molar-refractivity contribution in [3.8, 4) is 5.88 Å². The molecule has 0 fully saturated rings. The van der Waals surface area contributed by atoms with Crippen molar-refractivity contribution in [2.24, 2.45) is 0 Å². The lowest BCUT2D eigenvalue weighted by Gasteiger charge is -2.21. The predicted octanol–water partition coefficient (Wildman–Crippen LogP) is 3.71. The summed E-state index contributed by atoms with van der Waals surface area (Å²) >= 11 is 0. The highest BCUT2D eigenvalue weighted by Gasteiger charge is 2.11. The highest BCUT2D eigenvalue weighted by atomic mass is 16.5. The quantitative estimate of drug-likeness (QED) is 0.850. The molecule has 1 unspecified atom stereocenters. The first-order chi connectivity index (χ1) is 8.84. The Labute approximate surface area is 117 Å². The second-order valence-electron chi connectivity index (χ2n) is 6.10. The number of aromatic nitrogens is 1. The molecule has 0 aliphatic rings. The summed E-state index contributed by atoms with van der Waals surface area (Å²) in [7, 11) is 0. The number of pyridine rings is 1. The Morgan fingerprint density at radius 1 is 1.26 bits per heavy atom. The van der Waals surface area contributed by atoms with Gasteiger partial charge in [0.25, 0.3) is 0 Å². The normalized spacial score (nSPS) is 13.4. The maximum absolute atomic E-state index is 5.84. The zero-order valence-corrected chi connectivity index (χ0v) is 13.2. The predicted molar refractivity (Wildman–Crippen MR) is 80.6 cm³/mol. The minimum absolute atomic E-state index is 0.118. The Kier molecular flexibility index (Phi) is 5.80. The van der Waals surface area contributed by atoms with Gasteiger partial charge in [-0.25, -0.2) is 4.98 Å². The van der Waals surface area contributed by atoms with Crippen molar-refractivity contribution < 1.29 is 4.74 Å². The third-order valence-corrected chi connectivity index (χ3v) is 3.00. The van der Waals surface area contributed by atoms with E-state index < -0.39 is 0 Å². The minimum atomic E-state index is 0.118. The average molecular weight is 264 g/mol. The summed E-state index contributed by atoms with van der Waals surface area (Å²) in [6.45, 7) is 13.7. The fourth-order valence-corrected chi connectivity index (χ4v) is 1.62. The first-order valence-corrected chi connectivity index (χ1v) is 7.25. The van der Waals surface area contributed by atoms with Crippen LogP contribution in [0, 0.1) is 0 Å². The molecule has 0 radical (unpaired) electrons. The molecule has 0 saturated heterocycles. The highest BCUT2D eigenvalue weighted by molar-refractivity contribution is 5.25. The summed E-state index contributed by atoms with van der Waals surface area (Å²) in [5, 5.41) is 3.50. The second-order valence-corrected chi connectivity index (χ2v) is 6.10. The molecule has 0 saturated carbocycles. The van der Waals surface area contributed by atoms with Gasteiger partial charge in [0, 0.05) is 23.8 Å². The average Bonchev–Trinajstić information content (AvgIpc) is 2.35. The van der Waals surface area contributed by atoms with Gasteiger partial charge >= 0.3 is 0 Å². The van der Waals surface area contributed by atoms with Crippen molar-refractivity contribution in [2.75, 3.05) is 0 Å². The van der Waals surface area contributed by atoms with Gasteiger partial charge in [-0.3, -0.25) is 0 Å². The van der Waals surface area contributed by atoms with Crippen LogP contribution < -0.4 is 10.1 Å². The molecule has 3 heteroatoms. The van der Waals surface area contributed by atoms with Crippen LogP contribution in [0.1, 0.15) is 59.2 Å². The summed E-state index contributed by atoms with van der Waals surface area (Å²) in [5.74, 6) is 0.749. The van der Waals surface area contributed by atoms with Gasteiger partial charge < -0.3 is 10.1 Å². The third-order valence-electron chi connectivity index (χ3n) is 3.00. The second kappa shape index (κ2) is 6.90. The number of aryl methyl sites for hydroxylation is 1. The summed E-state index contributed by atoms with van der Waals surface area (Å²) in [6.07, 6.45) is 2.14. The number of ether oxygens (including phenoxy) is 1. The van der Waals surface area contributed by atoms with Crippen LogP contribution in [0.25, 0.3) is 0 Å². The van der Waals surface area contributed by atoms with Crippen LogP contribution in [0.4, 0.5) is 0 Å². The minimum Gasteiger partial charge on any atom is -0.475 e. The highest BCUT2D eigenvalue weighted by Crippen LogP contribution is 2.16. The lowest BCUT2D eigenvalue weighted by Crippen LogP contribution is -2.35. The van der Waals surface area contributed by atoms with Gasteiger partial charge in [0.05, 0.1) is 6.10 Å². The lowest BCUT2D eigenvalue weighted by molar-refractivity contribution is 0.208. The van der Waals surface area contributed by atoms with E-state index in [0.29, 0.717) is 0 Å². The maximum atomic E-state index is 5.84. The molecule has 1 rings (SSSR count). The Morgan fingerprint density at radius 2 is 1.95 bits per heavy atom. The van der Waals surface area contributed by atoms with Crippen molar-refractivity contribution in [1.29, 1.82) is 0 Å². The van der Waals surface area contributed by atoms with E-state index in [0.717, 1.165) is 31.0 Å². The van der Waals surface area contributed by atoms with E-state index in [1.807, 2.05) is 6.07 Å². The third kappa shape index (κ3) is 6.06. The molecule has 1 N–H and O–H groups in total. The fourth-order valence-electron chi connectivity index (χ4n) is 1.62. The first kappa shape index (κ1) is 16.0. The van der Waals surface area contributed by atoms with Gasteiger partial charge in [-0.2, -0.15) is 0 Å². The van der Waals surface area contributed by atoms with Gasteiger partial charge in [0.2, 0.25) is 5.88 Å².